The zero-order valence-corrected chi connectivity index (χ0v) is 10.4. The molecule has 2 aromatic rings. The van der Waals surface area contributed by atoms with Gasteiger partial charge in [-0.3, -0.25) is 4.79 Å². The molecule has 4 nitrogen and oxygen atoms in total. The van der Waals surface area contributed by atoms with Gasteiger partial charge in [-0.05, 0) is 36.4 Å². The van der Waals surface area contributed by atoms with Crippen LogP contribution < -0.4 is 11.1 Å². The number of nitrogens with two attached hydrogens (primary N) is 1. The topological polar surface area (TPSA) is 75.4 Å². The van der Waals surface area contributed by atoms with Gasteiger partial charge in [0.2, 0.25) is 0 Å². The van der Waals surface area contributed by atoms with Crippen LogP contribution in [0.15, 0.2) is 36.4 Å². The van der Waals surface area contributed by atoms with E-state index < -0.39 is 17.5 Å². The highest BCUT2D eigenvalue weighted by Crippen LogP contribution is 2.20. The molecule has 0 heterocycles. The van der Waals surface area contributed by atoms with E-state index in [2.05, 4.69) is 5.32 Å². The fourth-order valence-corrected chi connectivity index (χ4v) is 1.72. The molecule has 0 aliphatic carbocycles. The number of phenols is 1. The molecule has 1 amide bonds. The van der Waals surface area contributed by atoms with E-state index in [9.17, 15) is 18.7 Å². The molecule has 0 fully saturated rings. The van der Waals surface area contributed by atoms with Crippen LogP contribution in [0.25, 0.3) is 0 Å². The summed E-state index contributed by atoms with van der Waals surface area (Å²) in [6.45, 7) is 0.118. The molecule has 0 unspecified atom stereocenters. The lowest BCUT2D eigenvalue weighted by Crippen LogP contribution is -2.13. The van der Waals surface area contributed by atoms with Gasteiger partial charge in [0.15, 0.2) is 0 Å². The molecule has 2 aromatic carbocycles. The highest BCUT2D eigenvalue weighted by atomic mass is 19.1. The molecule has 20 heavy (non-hydrogen) atoms. The van der Waals surface area contributed by atoms with Gasteiger partial charge in [-0.1, -0.05) is 0 Å². The van der Waals surface area contributed by atoms with E-state index in [1.807, 2.05) is 0 Å². The Labute approximate surface area is 113 Å². The quantitative estimate of drug-likeness (QED) is 0.803. The highest BCUT2D eigenvalue weighted by molar-refractivity contribution is 5.94. The minimum Gasteiger partial charge on any atom is -0.508 e. The summed E-state index contributed by atoms with van der Waals surface area (Å²) in [5.41, 5.74) is 5.58. The van der Waals surface area contributed by atoms with Crippen molar-refractivity contribution in [2.45, 2.75) is 6.54 Å². The number of phenolic OH excluding ortho intramolecular Hbond substituents is 1. The number of hydrogen-bond acceptors (Lipinski definition) is 3. The number of benzene rings is 2. The van der Waals surface area contributed by atoms with E-state index in [4.69, 9.17) is 5.73 Å². The van der Waals surface area contributed by atoms with Crippen molar-refractivity contribution in [2.24, 2.45) is 5.73 Å². The van der Waals surface area contributed by atoms with Crippen molar-refractivity contribution >= 4 is 11.6 Å². The summed E-state index contributed by atoms with van der Waals surface area (Å²) in [5, 5.41) is 12.4. The summed E-state index contributed by atoms with van der Waals surface area (Å²) in [5.74, 6) is -2.12. The van der Waals surface area contributed by atoms with Crippen molar-refractivity contribution in [3.63, 3.8) is 0 Å². The molecule has 0 saturated heterocycles. The SMILES string of the molecule is NC(=O)c1cc(NCc2cc(F)ccc2O)ccc1F. The molecule has 0 radical (unpaired) electrons. The Kier molecular flexibility index (Phi) is 3.84. The smallest absolute Gasteiger partial charge is 0.251 e. The Morgan fingerprint density at radius 2 is 1.95 bits per heavy atom. The summed E-state index contributed by atoms with van der Waals surface area (Å²) in [7, 11) is 0. The predicted molar refractivity (Wildman–Crippen MR) is 70.3 cm³/mol. The van der Waals surface area contributed by atoms with Gasteiger partial charge in [-0.25, -0.2) is 8.78 Å². The third-order valence-corrected chi connectivity index (χ3v) is 2.76. The molecular weight excluding hydrogens is 266 g/mol. The van der Waals surface area contributed by atoms with Crippen LogP contribution in [0.3, 0.4) is 0 Å². The summed E-state index contributed by atoms with van der Waals surface area (Å²) < 4.78 is 26.3. The molecule has 0 spiro atoms. The summed E-state index contributed by atoms with van der Waals surface area (Å²) in [6.07, 6.45) is 0. The fraction of sp³-hybridized carbons (Fsp3) is 0.0714. The summed E-state index contributed by atoms with van der Waals surface area (Å²) in [6, 6.07) is 7.34. The van der Waals surface area contributed by atoms with Gasteiger partial charge < -0.3 is 16.2 Å². The van der Waals surface area contributed by atoms with Crippen LogP contribution >= 0.6 is 0 Å². The van der Waals surface area contributed by atoms with Gasteiger partial charge in [0.05, 0.1) is 5.56 Å². The van der Waals surface area contributed by atoms with Crippen molar-refractivity contribution in [3.8, 4) is 5.75 Å². The lowest BCUT2D eigenvalue weighted by Gasteiger charge is -2.09. The number of carbonyl (C=O) groups is 1. The monoisotopic (exact) mass is 278 g/mol. The van der Waals surface area contributed by atoms with Crippen LogP contribution in [0.2, 0.25) is 0 Å². The van der Waals surface area contributed by atoms with Crippen molar-refractivity contribution in [2.75, 3.05) is 5.32 Å². The fourth-order valence-electron chi connectivity index (χ4n) is 1.72. The molecular formula is C14H12F2N2O2. The Morgan fingerprint density at radius 3 is 2.65 bits per heavy atom. The molecule has 0 aliphatic rings. The molecule has 0 saturated carbocycles. The van der Waals surface area contributed by atoms with Crippen molar-refractivity contribution < 1.29 is 18.7 Å². The number of amides is 1. The van der Waals surface area contributed by atoms with Crippen LogP contribution in [0.5, 0.6) is 5.75 Å². The first-order valence-electron chi connectivity index (χ1n) is 5.78. The number of halogens is 2. The van der Waals surface area contributed by atoms with E-state index in [1.54, 1.807) is 0 Å². The average Bonchev–Trinajstić information content (AvgIpc) is 2.41. The molecule has 0 atom stereocenters. The average molecular weight is 278 g/mol. The molecule has 2 rings (SSSR count). The highest BCUT2D eigenvalue weighted by Gasteiger charge is 2.09. The number of hydrogen-bond donors (Lipinski definition) is 3. The van der Waals surface area contributed by atoms with Crippen molar-refractivity contribution in [1.82, 2.24) is 0 Å². The number of nitrogens with one attached hydrogen (secondary N) is 1. The predicted octanol–water partition coefficient (Wildman–Crippen LogP) is 2.38. The lowest BCUT2D eigenvalue weighted by molar-refractivity contribution is 0.0996. The largest absolute Gasteiger partial charge is 0.508 e. The third-order valence-electron chi connectivity index (χ3n) is 2.76. The standard InChI is InChI=1S/C14H12F2N2O2/c15-9-1-4-13(19)8(5-9)7-18-10-2-3-12(16)11(6-10)14(17)20/h1-6,18-19H,7H2,(H2,17,20). The molecule has 6 heteroatoms. The number of aromatic hydroxyl groups is 1. The minimum atomic E-state index is -0.875. The molecule has 4 N–H and O–H groups in total. The Hall–Kier alpha value is -2.63. The second-order valence-corrected chi connectivity index (χ2v) is 4.19. The van der Waals surface area contributed by atoms with E-state index >= 15 is 0 Å². The second kappa shape index (κ2) is 5.56. The molecule has 0 bridgehead atoms. The number of primary amides is 1. The maximum Gasteiger partial charge on any atom is 0.251 e. The van der Waals surface area contributed by atoms with Crippen LogP contribution in [0.4, 0.5) is 14.5 Å². The Bertz CT molecular complexity index is 660. The van der Waals surface area contributed by atoms with E-state index in [0.29, 0.717) is 11.3 Å². The van der Waals surface area contributed by atoms with Gasteiger partial charge >= 0.3 is 0 Å². The zero-order chi connectivity index (χ0) is 14.7. The van der Waals surface area contributed by atoms with Crippen LogP contribution in [0.1, 0.15) is 15.9 Å². The summed E-state index contributed by atoms with van der Waals surface area (Å²) in [4.78, 5) is 11.0. The molecule has 0 aromatic heterocycles. The van der Waals surface area contributed by atoms with E-state index in [1.165, 1.54) is 24.3 Å². The third kappa shape index (κ3) is 3.03. The number of carbonyl (C=O) groups excluding carboxylic acids is 1. The maximum atomic E-state index is 13.3. The van der Waals surface area contributed by atoms with Gasteiger partial charge in [0, 0.05) is 17.8 Å². The van der Waals surface area contributed by atoms with Gasteiger partial charge in [0.25, 0.3) is 5.91 Å². The van der Waals surface area contributed by atoms with Gasteiger partial charge in [-0.2, -0.15) is 0 Å². The van der Waals surface area contributed by atoms with Crippen LogP contribution in [-0.2, 0) is 6.54 Å². The second-order valence-electron chi connectivity index (χ2n) is 4.19. The van der Waals surface area contributed by atoms with Crippen LogP contribution in [0, 0.1) is 11.6 Å². The van der Waals surface area contributed by atoms with Crippen molar-refractivity contribution in [1.29, 1.82) is 0 Å². The number of rotatable bonds is 4. The van der Waals surface area contributed by atoms with Crippen molar-refractivity contribution in [3.05, 3.63) is 59.2 Å². The molecule has 0 aliphatic heterocycles. The summed E-state index contributed by atoms with van der Waals surface area (Å²) >= 11 is 0. The zero-order valence-electron chi connectivity index (χ0n) is 10.4. The van der Waals surface area contributed by atoms with E-state index in [0.717, 1.165) is 12.1 Å². The Morgan fingerprint density at radius 1 is 1.20 bits per heavy atom. The van der Waals surface area contributed by atoms with Gasteiger partial charge in [0.1, 0.15) is 17.4 Å². The maximum absolute atomic E-state index is 13.3. The normalized spacial score (nSPS) is 10.3. The molecule has 104 valence electrons. The first-order valence-corrected chi connectivity index (χ1v) is 5.78. The van der Waals surface area contributed by atoms with Crippen LogP contribution in [-0.4, -0.2) is 11.0 Å². The Balaban J connectivity index is 2.17. The van der Waals surface area contributed by atoms with E-state index in [-0.39, 0.29) is 17.9 Å². The van der Waals surface area contributed by atoms with Gasteiger partial charge in [-0.15, -0.1) is 0 Å². The minimum absolute atomic E-state index is 0.0591. The first-order chi connectivity index (χ1) is 9.47. The lowest BCUT2D eigenvalue weighted by atomic mass is 10.1. The number of anilines is 1. The first kappa shape index (κ1) is 13.8.